The maximum Gasteiger partial charge on any atom is 0.192 e. The Hall–Kier alpha value is -1.08. The molecule has 0 saturated carbocycles. The van der Waals surface area contributed by atoms with Crippen molar-refractivity contribution in [1.29, 1.82) is 0 Å². The van der Waals surface area contributed by atoms with E-state index in [1.54, 1.807) is 14.2 Å². The first-order valence-corrected chi connectivity index (χ1v) is 11.3. The molecule has 1 aliphatic rings. The molecule has 0 unspecified atom stereocenters. The van der Waals surface area contributed by atoms with Gasteiger partial charge in [-0.05, 0) is 24.2 Å². The summed E-state index contributed by atoms with van der Waals surface area (Å²) in [5.74, 6) is 1.60. The molecule has 0 N–H and O–H groups in total. The number of hydrogen-bond donors (Lipinski definition) is 0. The smallest absolute Gasteiger partial charge is 0.192 e. The molecule has 0 spiro atoms. The highest BCUT2D eigenvalue weighted by Crippen LogP contribution is 2.37. The van der Waals surface area contributed by atoms with Gasteiger partial charge < -0.3 is 13.9 Å². The Labute approximate surface area is 146 Å². The minimum atomic E-state index is -1.73. The number of benzene rings is 1. The van der Waals surface area contributed by atoms with Gasteiger partial charge >= 0.3 is 0 Å². The van der Waals surface area contributed by atoms with E-state index in [2.05, 4.69) is 33.9 Å². The Kier molecular flexibility index (Phi) is 5.96. The van der Waals surface area contributed by atoms with Crippen molar-refractivity contribution in [2.24, 2.45) is 0 Å². The second-order valence-corrected chi connectivity index (χ2v) is 12.6. The van der Waals surface area contributed by atoms with Gasteiger partial charge in [0.15, 0.2) is 8.32 Å². The number of methoxy groups -OCH3 is 2. The van der Waals surface area contributed by atoms with Crippen molar-refractivity contribution in [3.05, 3.63) is 23.8 Å². The zero-order valence-corrected chi connectivity index (χ0v) is 17.0. The molecule has 0 aromatic heterocycles. The molecule has 6 heteroatoms. The lowest BCUT2D eigenvalue weighted by molar-refractivity contribution is -0.301. The average Bonchev–Trinajstić information content (AvgIpc) is 2.50. The molecule has 0 aliphatic carbocycles. The van der Waals surface area contributed by atoms with Gasteiger partial charge in [-0.1, -0.05) is 26.8 Å². The van der Waals surface area contributed by atoms with Crippen LogP contribution in [0.4, 0.5) is 0 Å². The molecule has 0 bridgehead atoms. The standard InChI is InChI=1S/C18H31NO4Si/c1-18(2,3)24(6,7)23-13-15-12-22-19(15)11-14-8-9-16(20-4)10-17(14)21-5/h8-10,15H,11-13H2,1-7H3/t15-/m0/s1. The molecule has 136 valence electrons. The van der Waals surface area contributed by atoms with Crippen LogP contribution in [0.3, 0.4) is 0 Å². The van der Waals surface area contributed by atoms with E-state index in [1.165, 1.54) is 0 Å². The number of ether oxygens (including phenoxy) is 2. The van der Waals surface area contributed by atoms with Crippen LogP contribution in [-0.2, 0) is 15.8 Å². The minimum Gasteiger partial charge on any atom is -0.497 e. The topological polar surface area (TPSA) is 40.2 Å². The van der Waals surface area contributed by atoms with Gasteiger partial charge in [0.25, 0.3) is 0 Å². The lowest BCUT2D eigenvalue weighted by atomic mass is 10.1. The summed E-state index contributed by atoms with van der Waals surface area (Å²) < 4.78 is 17.0. The maximum atomic E-state index is 6.32. The van der Waals surface area contributed by atoms with Crippen LogP contribution in [0.5, 0.6) is 11.5 Å². The third-order valence-corrected chi connectivity index (χ3v) is 9.60. The summed E-state index contributed by atoms with van der Waals surface area (Å²) >= 11 is 0. The van der Waals surface area contributed by atoms with E-state index in [-0.39, 0.29) is 5.04 Å². The number of nitrogens with zero attached hydrogens (tertiary/aromatic N) is 1. The van der Waals surface area contributed by atoms with Crippen LogP contribution in [0.25, 0.3) is 0 Å². The highest BCUT2D eigenvalue weighted by molar-refractivity contribution is 6.74. The lowest BCUT2D eigenvalue weighted by Crippen LogP contribution is -2.54. The molecular weight excluding hydrogens is 322 g/mol. The Balaban J connectivity index is 1.95. The van der Waals surface area contributed by atoms with Crippen LogP contribution >= 0.6 is 0 Å². The van der Waals surface area contributed by atoms with Gasteiger partial charge in [-0.25, -0.2) is 0 Å². The zero-order valence-electron chi connectivity index (χ0n) is 16.0. The van der Waals surface area contributed by atoms with Crippen molar-refractivity contribution in [1.82, 2.24) is 5.06 Å². The van der Waals surface area contributed by atoms with Crippen LogP contribution in [0, 0.1) is 0 Å². The van der Waals surface area contributed by atoms with Crippen molar-refractivity contribution in [2.75, 3.05) is 27.4 Å². The Morgan fingerprint density at radius 2 is 1.92 bits per heavy atom. The fourth-order valence-electron chi connectivity index (χ4n) is 2.26. The molecule has 1 heterocycles. The van der Waals surface area contributed by atoms with Crippen molar-refractivity contribution >= 4 is 8.32 Å². The Morgan fingerprint density at radius 3 is 2.42 bits per heavy atom. The second kappa shape index (κ2) is 7.43. The Morgan fingerprint density at radius 1 is 1.21 bits per heavy atom. The summed E-state index contributed by atoms with van der Waals surface area (Å²) in [5.41, 5.74) is 1.08. The molecule has 1 aromatic carbocycles. The summed E-state index contributed by atoms with van der Waals surface area (Å²) in [6.07, 6.45) is 0. The summed E-state index contributed by atoms with van der Waals surface area (Å²) in [4.78, 5) is 5.64. The molecule has 1 fully saturated rings. The fraction of sp³-hybridized carbons (Fsp3) is 0.667. The molecule has 1 aliphatic heterocycles. The number of hydroxylamine groups is 2. The zero-order chi connectivity index (χ0) is 18.0. The minimum absolute atomic E-state index is 0.224. The predicted octanol–water partition coefficient (Wildman–Crippen LogP) is 3.84. The van der Waals surface area contributed by atoms with E-state index in [9.17, 15) is 0 Å². The van der Waals surface area contributed by atoms with Crippen molar-refractivity contribution in [3.8, 4) is 11.5 Å². The summed E-state index contributed by atoms with van der Waals surface area (Å²) in [6, 6.07) is 6.16. The van der Waals surface area contributed by atoms with Gasteiger partial charge in [-0.3, -0.25) is 4.84 Å². The Bertz CT molecular complexity index is 556. The van der Waals surface area contributed by atoms with Crippen molar-refractivity contribution in [2.45, 2.75) is 51.5 Å². The SMILES string of the molecule is COc1ccc(CN2OC[C@H]2CO[Si](C)(C)C(C)(C)C)c(OC)c1. The monoisotopic (exact) mass is 353 g/mol. The first kappa shape index (κ1) is 19.2. The fourth-order valence-corrected chi connectivity index (χ4v) is 3.30. The van der Waals surface area contributed by atoms with E-state index in [1.807, 2.05) is 23.3 Å². The summed E-state index contributed by atoms with van der Waals surface area (Å²) in [5, 5.41) is 2.21. The third kappa shape index (κ3) is 4.30. The largest absolute Gasteiger partial charge is 0.497 e. The van der Waals surface area contributed by atoms with Gasteiger partial charge in [0.05, 0.1) is 40.0 Å². The second-order valence-electron chi connectivity index (χ2n) is 7.77. The molecule has 1 atom stereocenters. The van der Waals surface area contributed by atoms with Gasteiger partial charge in [0.1, 0.15) is 11.5 Å². The molecule has 24 heavy (non-hydrogen) atoms. The van der Waals surface area contributed by atoms with E-state index in [0.717, 1.165) is 23.7 Å². The van der Waals surface area contributed by atoms with Crippen LogP contribution in [0.15, 0.2) is 18.2 Å². The van der Waals surface area contributed by atoms with Gasteiger partial charge in [0.2, 0.25) is 0 Å². The van der Waals surface area contributed by atoms with E-state index in [4.69, 9.17) is 18.7 Å². The van der Waals surface area contributed by atoms with Gasteiger partial charge in [-0.2, -0.15) is 5.06 Å². The van der Waals surface area contributed by atoms with Crippen LogP contribution in [0.1, 0.15) is 26.3 Å². The highest BCUT2D eigenvalue weighted by atomic mass is 28.4. The van der Waals surface area contributed by atoms with Crippen molar-refractivity contribution < 1.29 is 18.7 Å². The molecule has 5 nitrogen and oxygen atoms in total. The first-order chi connectivity index (χ1) is 11.2. The normalized spacial score (nSPS) is 19.0. The molecule has 0 radical (unpaired) electrons. The van der Waals surface area contributed by atoms with E-state index >= 15 is 0 Å². The van der Waals surface area contributed by atoms with E-state index in [0.29, 0.717) is 19.2 Å². The predicted molar refractivity (Wildman–Crippen MR) is 98.0 cm³/mol. The van der Waals surface area contributed by atoms with Crippen LogP contribution in [0.2, 0.25) is 18.1 Å². The highest BCUT2D eigenvalue weighted by Gasteiger charge is 2.39. The van der Waals surface area contributed by atoms with E-state index < -0.39 is 8.32 Å². The number of hydrogen-bond acceptors (Lipinski definition) is 5. The van der Waals surface area contributed by atoms with Crippen molar-refractivity contribution in [3.63, 3.8) is 0 Å². The first-order valence-electron chi connectivity index (χ1n) is 8.42. The molecule has 0 amide bonds. The summed E-state index contributed by atoms with van der Waals surface area (Å²) in [6.45, 7) is 13.5. The van der Waals surface area contributed by atoms with Gasteiger partial charge in [0, 0.05) is 11.6 Å². The van der Waals surface area contributed by atoms with Crippen LogP contribution in [-0.4, -0.2) is 46.9 Å². The van der Waals surface area contributed by atoms with Crippen LogP contribution < -0.4 is 9.47 Å². The molecule has 1 saturated heterocycles. The third-order valence-electron chi connectivity index (χ3n) is 5.10. The lowest BCUT2D eigenvalue weighted by Gasteiger charge is -2.43. The molecule has 1 aromatic rings. The molecular formula is C18H31NO4Si. The summed E-state index contributed by atoms with van der Waals surface area (Å²) in [7, 11) is 1.60. The molecule has 2 rings (SSSR count). The number of rotatable bonds is 7. The van der Waals surface area contributed by atoms with Gasteiger partial charge in [-0.15, -0.1) is 0 Å². The maximum absolute atomic E-state index is 6.32. The average molecular weight is 354 g/mol. The quantitative estimate of drug-likeness (QED) is 0.697.